The van der Waals surface area contributed by atoms with Gasteiger partial charge in [-0.05, 0) is 48.8 Å². The van der Waals surface area contributed by atoms with Crippen LogP contribution in [0.25, 0.3) is 0 Å². The highest BCUT2D eigenvalue weighted by atomic mass is 79.9. The summed E-state index contributed by atoms with van der Waals surface area (Å²) in [5.74, 6) is -1.53. The largest absolute Gasteiger partial charge is 0.465 e. The first-order valence-electron chi connectivity index (χ1n) is 5.45. The first-order valence-corrected chi connectivity index (χ1v) is 6.24. The molecule has 3 nitrogen and oxygen atoms in total. The maximum atomic E-state index is 13.6. The monoisotopic (exact) mass is 357 g/mol. The summed E-state index contributed by atoms with van der Waals surface area (Å²) >= 11 is 2.64. The number of hydrogen-bond donors (Lipinski definition) is 1. The smallest absolute Gasteiger partial charge is 0.420 e. The fraction of sp³-hybridized carbons (Fsp3) is 0.417. The number of anilines is 1. The quantitative estimate of drug-likeness (QED) is 0.727. The number of alkyl halides is 3. The molecule has 0 radical (unpaired) electrons. The summed E-state index contributed by atoms with van der Waals surface area (Å²) in [4.78, 5) is 12.0. The van der Waals surface area contributed by atoms with E-state index in [2.05, 4.69) is 15.9 Å². The van der Waals surface area contributed by atoms with Crippen molar-refractivity contribution in [3.05, 3.63) is 28.0 Å². The molecule has 0 aliphatic heterocycles. The molecule has 0 bridgehead atoms. The molecule has 0 saturated heterocycles. The maximum Gasteiger partial charge on any atom is 0.420 e. The molecule has 0 heterocycles. The Kier molecular flexibility index (Phi) is 4.38. The fourth-order valence-electron chi connectivity index (χ4n) is 1.74. The van der Waals surface area contributed by atoms with Crippen LogP contribution in [0.5, 0.6) is 0 Å². The Hall–Kier alpha value is -1.31. The van der Waals surface area contributed by atoms with Gasteiger partial charge in [0, 0.05) is 10.0 Å². The molecule has 1 N–H and O–H groups in total. The summed E-state index contributed by atoms with van der Waals surface area (Å²) in [7, 11) is 0. The van der Waals surface area contributed by atoms with Gasteiger partial charge in [-0.25, -0.2) is 9.18 Å². The summed E-state index contributed by atoms with van der Waals surface area (Å²) in [5.41, 5.74) is -2.57. The number of hydrogen-bond acceptors (Lipinski definition) is 1. The average molecular weight is 358 g/mol. The van der Waals surface area contributed by atoms with Gasteiger partial charge in [0.1, 0.15) is 11.4 Å². The van der Waals surface area contributed by atoms with E-state index in [1.807, 2.05) is 0 Å². The average Bonchev–Trinajstić information content (AvgIpc) is 2.09. The molecule has 1 amide bonds. The van der Waals surface area contributed by atoms with E-state index in [4.69, 9.17) is 5.11 Å². The molecule has 0 spiro atoms. The number of carboxylic acid groups (broad SMARTS) is 1. The molecule has 1 aromatic carbocycles. The van der Waals surface area contributed by atoms with Gasteiger partial charge in [0.2, 0.25) is 0 Å². The number of carbonyl (C=O) groups is 1. The molecule has 112 valence electrons. The Balaban J connectivity index is 3.47. The molecule has 0 saturated carbocycles. The van der Waals surface area contributed by atoms with Gasteiger partial charge in [-0.3, -0.25) is 4.90 Å². The second-order valence-electron chi connectivity index (χ2n) is 5.07. The van der Waals surface area contributed by atoms with Crippen molar-refractivity contribution in [3.8, 4) is 0 Å². The minimum atomic E-state index is -4.86. The van der Waals surface area contributed by atoms with E-state index < -0.39 is 33.7 Å². The van der Waals surface area contributed by atoms with Gasteiger partial charge in [-0.1, -0.05) is 0 Å². The standard InChI is InChI=1S/C12H12BrF4NO2/c1-11(2,3)18(10(19)20)6-4-7(13)9(8(14)5-6)12(15,16)17/h4-5H,1-3H3,(H,19,20). The van der Waals surface area contributed by atoms with Crippen molar-refractivity contribution >= 4 is 27.7 Å². The summed E-state index contributed by atoms with van der Waals surface area (Å²) < 4.78 is 51.0. The van der Waals surface area contributed by atoms with E-state index in [-0.39, 0.29) is 5.69 Å². The minimum absolute atomic E-state index is 0.178. The minimum Gasteiger partial charge on any atom is -0.465 e. The Morgan fingerprint density at radius 2 is 1.75 bits per heavy atom. The van der Waals surface area contributed by atoms with Crippen LogP contribution in [0.1, 0.15) is 26.3 Å². The van der Waals surface area contributed by atoms with Gasteiger partial charge >= 0.3 is 12.3 Å². The van der Waals surface area contributed by atoms with Gasteiger partial charge < -0.3 is 5.11 Å². The molecule has 20 heavy (non-hydrogen) atoms. The van der Waals surface area contributed by atoms with Crippen LogP contribution in [0.3, 0.4) is 0 Å². The Morgan fingerprint density at radius 1 is 1.25 bits per heavy atom. The summed E-state index contributed by atoms with van der Waals surface area (Å²) in [6.07, 6.45) is -6.25. The van der Waals surface area contributed by atoms with Crippen molar-refractivity contribution in [1.82, 2.24) is 0 Å². The molecule has 8 heteroatoms. The van der Waals surface area contributed by atoms with Crippen LogP contribution < -0.4 is 4.90 Å². The lowest BCUT2D eigenvalue weighted by Gasteiger charge is -2.33. The number of rotatable bonds is 1. The predicted molar refractivity (Wildman–Crippen MR) is 69.4 cm³/mol. The molecule has 0 aliphatic rings. The zero-order chi connectivity index (χ0) is 15.9. The lowest BCUT2D eigenvalue weighted by molar-refractivity contribution is -0.140. The van der Waals surface area contributed by atoms with Crippen LogP contribution in [0.4, 0.5) is 28.0 Å². The van der Waals surface area contributed by atoms with Crippen molar-refractivity contribution in [2.45, 2.75) is 32.5 Å². The van der Waals surface area contributed by atoms with Gasteiger partial charge in [0.15, 0.2) is 0 Å². The van der Waals surface area contributed by atoms with E-state index in [1.165, 1.54) is 0 Å². The topological polar surface area (TPSA) is 40.5 Å². The maximum absolute atomic E-state index is 13.6. The van der Waals surface area contributed by atoms with Gasteiger partial charge in [0.25, 0.3) is 0 Å². The number of halogens is 5. The van der Waals surface area contributed by atoms with Crippen molar-refractivity contribution in [3.63, 3.8) is 0 Å². The molecule has 1 aromatic rings. The second-order valence-corrected chi connectivity index (χ2v) is 5.93. The summed E-state index contributed by atoms with van der Waals surface area (Å²) in [6.45, 7) is 4.64. The Bertz CT molecular complexity index is 514. The molecule has 0 atom stereocenters. The van der Waals surface area contributed by atoms with Crippen molar-refractivity contribution in [2.24, 2.45) is 0 Å². The van der Waals surface area contributed by atoms with E-state index in [9.17, 15) is 22.4 Å². The first-order chi connectivity index (χ1) is 8.85. The molecule has 1 rings (SSSR count). The zero-order valence-electron chi connectivity index (χ0n) is 10.8. The van der Waals surface area contributed by atoms with Crippen LogP contribution in [0.2, 0.25) is 0 Å². The Labute approximate surface area is 121 Å². The van der Waals surface area contributed by atoms with E-state index >= 15 is 0 Å². The lowest BCUT2D eigenvalue weighted by Crippen LogP contribution is -2.45. The third-order valence-electron chi connectivity index (χ3n) is 2.43. The highest BCUT2D eigenvalue weighted by molar-refractivity contribution is 9.10. The Morgan fingerprint density at radius 3 is 2.05 bits per heavy atom. The molecular weight excluding hydrogens is 346 g/mol. The number of benzene rings is 1. The molecule has 0 unspecified atom stereocenters. The van der Waals surface area contributed by atoms with E-state index in [1.54, 1.807) is 20.8 Å². The molecular formula is C12H12BrF4NO2. The highest BCUT2D eigenvalue weighted by Gasteiger charge is 2.38. The number of amides is 1. The first kappa shape index (κ1) is 16.7. The van der Waals surface area contributed by atoms with Crippen LogP contribution in [0, 0.1) is 5.82 Å². The van der Waals surface area contributed by atoms with Gasteiger partial charge in [-0.15, -0.1) is 0 Å². The molecule has 0 aliphatic carbocycles. The van der Waals surface area contributed by atoms with Crippen molar-refractivity contribution < 1.29 is 27.5 Å². The fourth-order valence-corrected chi connectivity index (χ4v) is 2.39. The van der Waals surface area contributed by atoms with Crippen molar-refractivity contribution in [1.29, 1.82) is 0 Å². The third kappa shape index (κ3) is 3.41. The SMILES string of the molecule is CC(C)(C)N(C(=O)O)c1cc(F)c(C(F)(F)F)c(Br)c1. The normalized spacial score (nSPS) is 12.4. The highest BCUT2D eigenvalue weighted by Crippen LogP contribution is 2.39. The van der Waals surface area contributed by atoms with Gasteiger partial charge in [-0.2, -0.15) is 13.2 Å². The zero-order valence-corrected chi connectivity index (χ0v) is 12.4. The van der Waals surface area contributed by atoms with Crippen molar-refractivity contribution in [2.75, 3.05) is 4.90 Å². The lowest BCUT2D eigenvalue weighted by atomic mass is 10.0. The van der Waals surface area contributed by atoms with Gasteiger partial charge in [0.05, 0.1) is 5.69 Å². The van der Waals surface area contributed by atoms with Crippen LogP contribution in [0.15, 0.2) is 16.6 Å². The summed E-state index contributed by atoms with van der Waals surface area (Å²) in [6, 6.07) is 1.50. The molecule has 0 fully saturated rings. The number of nitrogens with zero attached hydrogens (tertiary/aromatic N) is 1. The van der Waals surface area contributed by atoms with Crippen LogP contribution in [-0.2, 0) is 6.18 Å². The third-order valence-corrected chi connectivity index (χ3v) is 3.06. The van der Waals surface area contributed by atoms with Crippen LogP contribution >= 0.6 is 15.9 Å². The van der Waals surface area contributed by atoms with E-state index in [0.717, 1.165) is 11.0 Å². The predicted octanol–water partition coefficient (Wildman–Crippen LogP) is 4.89. The van der Waals surface area contributed by atoms with E-state index in [0.29, 0.717) is 6.07 Å². The van der Waals surface area contributed by atoms with Crippen LogP contribution in [-0.4, -0.2) is 16.7 Å². The summed E-state index contributed by atoms with van der Waals surface area (Å²) in [5, 5.41) is 9.14. The second kappa shape index (κ2) is 5.23. The molecule has 0 aromatic heterocycles.